The molecule has 0 spiro atoms. The maximum atomic E-state index is 11.9. The number of amides is 3. The number of anilines is 1. The molecule has 0 atom stereocenters. The molecule has 162 valence electrons. The molecule has 2 aromatic carbocycles. The Hall–Kier alpha value is -3.23. The summed E-state index contributed by atoms with van der Waals surface area (Å²) in [4.78, 5) is 28.0. The minimum absolute atomic E-state index is 0. The van der Waals surface area contributed by atoms with E-state index in [1.807, 2.05) is 0 Å². The Balaban J connectivity index is 0.00000272. The maximum Gasteiger partial charge on any atom is 0.319 e. The quantitative estimate of drug-likeness (QED) is 0.498. The number of benzene rings is 2. The second-order valence-electron chi connectivity index (χ2n) is 6.86. The SMILES string of the molecule is COc1cc2nccc(Oc3ccc(NC(=O)NC4CC4)c(Cl)c3)c2cc1C(N)=O.Cl. The van der Waals surface area contributed by atoms with Crippen LogP contribution in [0.2, 0.25) is 5.02 Å². The summed E-state index contributed by atoms with van der Waals surface area (Å²) in [6, 6.07) is 9.77. The highest BCUT2D eigenvalue weighted by molar-refractivity contribution is 6.33. The number of carbonyl (C=O) groups excluding carboxylic acids is 2. The average molecular weight is 463 g/mol. The van der Waals surface area contributed by atoms with Crippen LogP contribution in [0.1, 0.15) is 23.2 Å². The molecule has 0 radical (unpaired) electrons. The molecule has 1 aliphatic rings. The van der Waals surface area contributed by atoms with Gasteiger partial charge in [-0.1, -0.05) is 11.6 Å². The molecule has 3 amide bonds. The van der Waals surface area contributed by atoms with Crippen LogP contribution in [0.15, 0.2) is 42.6 Å². The summed E-state index contributed by atoms with van der Waals surface area (Å²) in [5.74, 6) is 0.639. The number of nitrogens with zero attached hydrogens (tertiary/aromatic N) is 1. The molecule has 31 heavy (non-hydrogen) atoms. The molecule has 3 aromatic rings. The van der Waals surface area contributed by atoms with Gasteiger partial charge in [-0.05, 0) is 37.1 Å². The highest BCUT2D eigenvalue weighted by Crippen LogP contribution is 2.35. The number of ether oxygens (including phenoxy) is 2. The number of nitrogens with two attached hydrogens (primary N) is 1. The van der Waals surface area contributed by atoms with Crippen LogP contribution >= 0.6 is 24.0 Å². The Morgan fingerprint density at radius 1 is 1.16 bits per heavy atom. The first-order valence-corrected chi connectivity index (χ1v) is 9.64. The zero-order valence-electron chi connectivity index (χ0n) is 16.5. The van der Waals surface area contributed by atoms with Gasteiger partial charge in [-0.15, -0.1) is 12.4 Å². The van der Waals surface area contributed by atoms with E-state index in [9.17, 15) is 9.59 Å². The lowest BCUT2D eigenvalue weighted by atomic mass is 10.1. The van der Waals surface area contributed by atoms with Crippen molar-refractivity contribution in [2.75, 3.05) is 12.4 Å². The van der Waals surface area contributed by atoms with Crippen LogP contribution in [0.4, 0.5) is 10.5 Å². The fourth-order valence-corrected chi connectivity index (χ4v) is 3.18. The van der Waals surface area contributed by atoms with Crippen molar-refractivity contribution in [2.24, 2.45) is 5.73 Å². The molecule has 0 saturated heterocycles. The first kappa shape index (κ1) is 22.5. The van der Waals surface area contributed by atoms with E-state index in [0.29, 0.717) is 38.9 Å². The highest BCUT2D eigenvalue weighted by Gasteiger charge is 2.23. The summed E-state index contributed by atoms with van der Waals surface area (Å²) >= 11 is 6.30. The number of hydrogen-bond acceptors (Lipinski definition) is 5. The van der Waals surface area contributed by atoms with E-state index >= 15 is 0 Å². The van der Waals surface area contributed by atoms with Gasteiger partial charge in [-0.2, -0.15) is 0 Å². The number of pyridine rings is 1. The van der Waals surface area contributed by atoms with Crippen LogP contribution < -0.4 is 25.8 Å². The number of fused-ring (bicyclic) bond motifs is 1. The average Bonchev–Trinajstić information content (AvgIpc) is 3.53. The van der Waals surface area contributed by atoms with Crippen molar-refractivity contribution in [1.82, 2.24) is 10.3 Å². The van der Waals surface area contributed by atoms with E-state index in [1.54, 1.807) is 42.6 Å². The fourth-order valence-electron chi connectivity index (χ4n) is 2.96. The fraction of sp³-hybridized carbons (Fsp3) is 0.190. The summed E-state index contributed by atoms with van der Waals surface area (Å²) in [5.41, 5.74) is 6.73. The Morgan fingerprint density at radius 3 is 2.58 bits per heavy atom. The Labute approximate surface area is 189 Å². The van der Waals surface area contributed by atoms with Crippen molar-refractivity contribution in [2.45, 2.75) is 18.9 Å². The van der Waals surface area contributed by atoms with Crippen molar-refractivity contribution in [3.63, 3.8) is 0 Å². The normalized spacial score (nSPS) is 12.6. The number of primary amides is 1. The molecule has 0 bridgehead atoms. The Kier molecular flexibility index (Phi) is 6.72. The predicted molar refractivity (Wildman–Crippen MR) is 121 cm³/mol. The number of carbonyl (C=O) groups is 2. The molecule has 10 heteroatoms. The van der Waals surface area contributed by atoms with E-state index in [1.165, 1.54) is 7.11 Å². The highest BCUT2D eigenvalue weighted by atomic mass is 35.5. The molecule has 8 nitrogen and oxygen atoms in total. The Morgan fingerprint density at radius 2 is 1.94 bits per heavy atom. The molecule has 1 aliphatic carbocycles. The van der Waals surface area contributed by atoms with Gasteiger partial charge in [0.25, 0.3) is 5.91 Å². The van der Waals surface area contributed by atoms with E-state index in [4.69, 9.17) is 26.8 Å². The van der Waals surface area contributed by atoms with E-state index < -0.39 is 5.91 Å². The van der Waals surface area contributed by atoms with E-state index in [-0.39, 0.29) is 30.0 Å². The summed E-state index contributed by atoms with van der Waals surface area (Å²) < 4.78 is 11.2. The van der Waals surface area contributed by atoms with Crippen LogP contribution in [0, 0.1) is 0 Å². The van der Waals surface area contributed by atoms with Crippen molar-refractivity contribution >= 4 is 52.5 Å². The number of nitrogens with one attached hydrogen (secondary N) is 2. The molecular formula is C21H20Cl2N4O4. The molecule has 0 unspecified atom stereocenters. The lowest BCUT2D eigenvalue weighted by molar-refractivity contribution is 0.0997. The van der Waals surface area contributed by atoms with Crippen LogP contribution in [0.5, 0.6) is 17.2 Å². The summed E-state index contributed by atoms with van der Waals surface area (Å²) in [5, 5.41) is 6.48. The van der Waals surface area contributed by atoms with Gasteiger partial charge < -0.3 is 25.8 Å². The molecule has 4 rings (SSSR count). The molecular weight excluding hydrogens is 443 g/mol. The summed E-state index contributed by atoms with van der Waals surface area (Å²) in [6.45, 7) is 0. The predicted octanol–water partition coefficient (Wildman–Crippen LogP) is 4.49. The van der Waals surface area contributed by atoms with Gasteiger partial charge in [-0.25, -0.2) is 4.79 Å². The van der Waals surface area contributed by atoms with Crippen molar-refractivity contribution in [3.05, 3.63) is 53.2 Å². The second-order valence-corrected chi connectivity index (χ2v) is 7.27. The number of aromatic nitrogens is 1. The van der Waals surface area contributed by atoms with Crippen molar-refractivity contribution < 1.29 is 19.1 Å². The third-order valence-corrected chi connectivity index (χ3v) is 4.93. The van der Waals surface area contributed by atoms with Gasteiger partial charge in [0.2, 0.25) is 0 Å². The number of methoxy groups -OCH3 is 1. The van der Waals surface area contributed by atoms with Gasteiger partial charge >= 0.3 is 6.03 Å². The lowest BCUT2D eigenvalue weighted by Gasteiger charge is -2.13. The molecule has 1 fully saturated rings. The van der Waals surface area contributed by atoms with Gasteiger partial charge in [0.05, 0.1) is 28.9 Å². The number of urea groups is 1. The number of halogens is 2. The van der Waals surface area contributed by atoms with Crippen LogP contribution in [0.25, 0.3) is 10.9 Å². The third kappa shape index (κ3) is 5.10. The monoisotopic (exact) mass is 462 g/mol. The zero-order valence-corrected chi connectivity index (χ0v) is 18.0. The van der Waals surface area contributed by atoms with Crippen molar-refractivity contribution in [3.8, 4) is 17.2 Å². The van der Waals surface area contributed by atoms with Crippen LogP contribution in [0.3, 0.4) is 0 Å². The van der Waals surface area contributed by atoms with Crippen LogP contribution in [-0.2, 0) is 0 Å². The summed E-state index contributed by atoms with van der Waals surface area (Å²) in [6.07, 6.45) is 3.58. The van der Waals surface area contributed by atoms with Crippen molar-refractivity contribution in [1.29, 1.82) is 0 Å². The standard InChI is InChI=1S/C21H19ClN4O4.ClH/c1-29-19-10-17-13(9-14(19)20(23)27)18(6-7-24-17)30-12-4-5-16(15(22)8-12)26-21(28)25-11-2-3-11;/h4-11H,2-3H2,1H3,(H2,23,27)(H2,25,26,28);1H. The van der Waals surface area contributed by atoms with Crippen LogP contribution in [-0.4, -0.2) is 30.1 Å². The minimum atomic E-state index is -0.619. The smallest absolute Gasteiger partial charge is 0.319 e. The largest absolute Gasteiger partial charge is 0.496 e. The van der Waals surface area contributed by atoms with Gasteiger partial charge in [0.15, 0.2) is 0 Å². The molecule has 4 N–H and O–H groups in total. The van der Waals surface area contributed by atoms with Gasteiger partial charge in [0, 0.05) is 29.8 Å². The topological polar surface area (TPSA) is 116 Å². The molecule has 1 aromatic heterocycles. The van der Waals surface area contributed by atoms with E-state index in [0.717, 1.165) is 12.8 Å². The number of hydrogen-bond donors (Lipinski definition) is 3. The van der Waals surface area contributed by atoms with Gasteiger partial charge in [0.1, 0.15) is 17.2 Å². The van der Waals surface area contributed by atoms with Gasteiger partial charge in [-0.3, -0.25) is 9.78 Å². The molecule has 1 saturated carbocycles. The first-order valence-electron chi connectivity index (χ1n) is 9.26. The summed E-state index contributed by atoms with van der Waals surface area (Å²) in [7, 11) is 1.45. The minimum Gasteiger partial charge on any atom is -0.496 e. The number of rotatable bonds is 6. The maximum absolute atomic E-state index is 11.9. The Bertz CT molecular complexity index is 1150. The van der Waals surface area contributed by atoms with E-state index in [2.05, 4.69) is 15.6 Å². The second kappa shape index (κ2) is 9.28. The molecule has 1 heterocycles. The third-order valence-electron chi connectivity index (χ3n) is 4.62. The lowest BCUT2D eigenvalue weighted by Crippen LogP contribution is -2.30. The zero-order chi connectivity index (χ0) is 21.3. The first-order chi connectivity index (χ1) is 14.4. The molecule has 0 aliphatic heterocycles.